The normalized spacial score (nSPS) is 16.5. The standard InChI is InChI=1S/C32H35N3O6S/c1-22-7-5-6-10-28(22)42(38,39)33-32(37)24-11-12-26-27(19-24)35(20-29(36)34-14-17-40-18-15-34)31(25-13-16-41-21-25)30(26)23-8-3-2-4-9-23/h5-7,10-13,16,19,21,23H,2-4,8-9,14-15,17-18,20H2,1H3,(H,33,37). The number of aryl methyl sites for hydroxylation is 1. The summed E-state index contributed by atoms with van der Waals surface area (Å²) in [6.45, 7) is 3.82. The molecule has 9 nitrogen and oxygen atoms in total. The van der Waals surface area contributed by atoms with Gasteiger partial charge < -0.3 is 18.6 Å². The van der Waals surface area contributed by atoms with Gasteiger partial charge in [0.05, 0.1) is 41.8 Å². The Morgan fingerprint density at radius 2 is 1.76 bits per heavy atom. The molecule has 0 bridgehead atoms. The number of hydrogen-bond acceptors (Lipinski definition) is 6. The van der Waals surface area contributed by atoms with Gasteiger partial charge in [0.25, 0.3) is 15.9 Å². The molecule has 3 heterocycles. The maximum absolute atomic E-state index is 13.6. The van der Waals surface area contributed by atoms with Gasteiger partial charge in [0.15, 0.2) is 0 Å². The number of rotatable bonds is 7. The Morgan fingerprint density at radius 3 is 2.48 bits per heavy atom. The van der Waals surface area contributed by atoms with Crippen molar-refractivity contribution in [3.05, 3.63) is 77.7 Å². The van der Waals surface area contributed by atoms with Crippen molar-refractivity contribution in [2.75, 3.05) is 26.3 Å². The Hall–Kier alpha value is -3.89. The predicted molar refractivity (Wildman–Crippen MR) is 159 cm³/mol. The number of sulfonamides is 1. The van der Waals surface area contributed by atoms with Crippen LogP contribution in [0.5, 0.6) is 0 Å². The largest absolute Gasteiger partial charge is 0.472 e. The minimum absolute atomic E-state index is 0.0351. The quantitative estimate of drug-likeness (QED) is 0.316. The highest BCUT2D eigenvalue weighted by atomic mass is 32.2. The second-order valence-electron chi connectivity index (χ2n) is 11.1. The van der Waals surface area contributed by atoms with E-state index in [2.05, 4.69) is 4.72 Å². The van der Waals surface area contributed by atoms with Crippen LogP contribution >= 0.6 is 0 Å². The molecule has 10 heteroatoms. The van der Waals surface area contributed by atoms with Crippen molar-refractivity contribution in [2.45, 2.75) is 56.4 Å². The Kier molecular flexibility index (Phi) is 7.92. The summed E-state index contributed by atoms with van der Waals surface area (Å²) in [5.41, 5.74) is 4.40. The molecule has 2 aromatic heterocycles. The van der Waals surface area contributed by atoms with E-state index in [-0.39, 0.29) is 22.9 Å². The van der Waals surface area contributed by atoms with Crippen molar-refractivity contribution >= 4 is 32.7 Å². The SMILES string of the molecule is Cc1ccccc1S(=O)(=O)NC(=O)c1ccc2c(C3CCCCC3)c(-c3ccoc3)n(CC(=O)N3CCOCC3)c2c1. The van der Waals surface area contributed by atoms with Crippen molar-refractivity contribution in [1.29, 1.82) is 0 Å². The summed E-state index contributed by atoms with van der Waals surface area (Å²) >= 11 is 0. The minimum Gasteiger partial charge on any atom is -0.472 e. The minimum atomic E-state index is -4.08. The monoisotopic (exact) mass is 589 g/mol. The fourth-order valence-corrected chi connectivity index (χ4v) is 7.56. The van der Waals surface area contributed by atoms with Gasteiger partial charge in [-0.15, -0.1) is 0 Å². The number of fused-ring (bicyclic) bond motifs is 1. The molecule has 1 saturated carbocycles. The van der Waals surface area contributed by atoms with Crippen LogP contribution in [0.25, 0.3) is 22.2 Å². The number of hydrogen-bond donors (Lipinski definition) is 1. The number of ether oxygens (including phenoxy) is 1. The number of benzene rings is 2. The Labute approximate surface area is 245 Å². The number of furan rings is 1. The summed E-state index contributed by atoms with van der Waals surface area (Å²) in [7, 11) is -4.08. The molecular weight excluding hydrogens is 554 g/mol. The topological polar surface area (TPSA) is 111 Å². The van der Waals surface area contributed by atoms with Crippen LogP contribution < -0.4 is 4.72 Å². The number of aromatic nitrogens is 1. The summed E-state index contributed by atoms with van der Waals surface area (Å²) in [5.74, 6) is -0.462. The molecule has 0 atom stereocenters. The molecule has 42 heavy (non-hydrogen) atoms. The second-order valence-corrected chi connectivity index (χ2v) is 12.8. The maximum Gasteiger partial charge on any atom is 0.265 e. The van der Waals surface area contributed by atoms with Gasteiger partial charge in [0.2, 0.25) is 5.91 Å². The number of carbonyl (C=O) groups excluding carboxylic acids is 2. The zero-order valence-corrected chi connectivity index (χ0v) is 24.5. The first-order chi connectivity index (χ1) is 20.3. The average molecular weight is 590 g/mol. The van der Waals surface area contributed by atoms with Crippen LogP contribution in [-0.2, 0) is 26.1 Å². The lowest BCUT2D eigenvalue weighted by Gasteiger charge is -2.27. The first-order valence-electron chi connectivity index (χ1n) is 14.5. The lowest BCUT2D eigenvalue weighted by molar-refractivity contribution is -0.135. The van der Waals surface area contributed by atoms with Gasteiger partial charge >= 0.3 is 0 Å². The third kappa shape index (κ3) is 5.48. The number of nitrogens with one attached hydrogen (secondary N) is 1. The van der Waals surface area contributed by atoms with Crippen LogP contribution in [0.15, 0.2) is 70.4 Å². The highest BCUT2D eigenvalue weighted by Crippen LogP contribution is 2.44. The molecule has 1 aliphatic heterocycles. The Balaban J connectivity index is 1.46. The van der Waals surface area contributed by atoms with E-state index >= 15 is 0 Å². The first-order valence-corrected chi connectivity index (χ1v) is 16.0. The molecular formula is C32H35N3O6S. The molecule has 2 aromatic carbocycles. The van der Waals surface area contributed by atoms with E-state index in [9.17, 15) is 18.0 Å². The smallest absolute Gasteiger partial charge is 0.265 e. The molecule has 6 rings (SSSR count). The molecule has 220 valence electrons. The summed E-state index contributed by atoms with van der Waals surface area (Å²) < 4.78 is 41.4. The van der Waals surface area contributed by atoms with Gasteiger partial charge in [0.1, 0.15) is 6.54 Å². The van der Waals surface area contributed by atoms with E-state index < -0.39 is 15.9 Å². The van der Waals surface area contributed by atoms with Crippen LogP contribution in [0.3, 0.4) is 0 Å². The predicted octanol–water partition coefficient (Wildman–Crippen LogP) is 5.23. The van der Waals surface area contributed by atoms with Crippen LogP contribution in [-0.4, -0.2) is 56.0 Å². The molecule has 0 unspecified atom stereocenters. The lowest BCUT2D eigenvalue weighted by Crippen LogP contribution is -2.42. The third-order valence-electron chi connectivity index (χ3n) is 8.44. The van der Waals surface area contributed by atoms with Crippen molar-refractivity contribution in [2.24, 2.45) is 0 Å². The molecule has 1 saturated heterocycles. The lowest BCUT2D eigenvalue weighted by atomic mass is 9.82. The van der Waals surface area contributed by atoms with E-state index in [1.54, 1.807) is 54.7 Å². The first kappa shape index (κ1) is 28.2. The van der Waals surface area contributed by atoms with Crippen molar-refractivity contribution in [1.82, 2.24) is 14.2 Å². The zero-order valence-electron chi connectivity index (χ0n) is 23.7. The number of nitrogens with zero attached hydrogens (tertiary/aromatic N) is 2. The molecule has 1 N–H and O–H groups in total. The zero-order chi connectivity index (χ0) is 29.3. The number of morpholine rings is 1. The fourth-order valence-electron chi connectivity index (χ4n) is 6.34. The van der Waals surface area contributed by atoms with Crippen LogP contribution in [0, 0.1) is 6.92 Å². The van der Waals surface area contributed by atoms with Gasteiger partial charge in [-0.2, -0.15) is 0 Å². The number of carbonyl (C=O) groups is 2. The third-order valence-corrected chi connectivity index (χ3v) is 9.93. The summed E-state index contributed by atoms with van der Waals surface area (Å²) in [4.78, 5) is 28.8. The van der Waals surface area contributed by atoms with Crippen LogP contribution in [0.2, 0.25) is 0 Å². The second kappa shape index (κ2) is 11.8. The van der Waals surface area contributed by atoms with Gasteiger partial charge in [0, 0.05) is 29.6 Å². The molecule has 1 aliphatic carbocycles. The van der Waals surface area contributed by atoms with Crippen molar-refractivity contribution in [3.8, 4) is 11.3 Å². The van der Waals surface area contributed by atoms with E-state index in [0.717, 1.165) is 47.9 Å². The van der Waals surface area contributed by atoms with Gasteiger partial charge in [-0.3, -0.25) is 9.59 Å². The molecule has 2 fully saturated rings. The molecule has 0 radical (unpaired) electrons. The van der Waals surface area contributed by atoms with Crippen LogP contribution in [0.1, 0.15) is 59.5 Å². The molecule has 2 aliphatic rings. The van der Waals surface area contributed by atoms with E-state index in [1.807, 2.05) is 16.7 Å². The fraction of sp³-hybridized carbons (Fsp3) is 0.375. The van der Waals surface area contributed by atoms with Crippen molar-refractivity contribution < 1.29 is 27.2 Å². The molecule has 4 aromatic rings. The highest BCUT2D eigenvalue weighted by molar-refractivity contribution is 7.90. The summed E-state index contributed by atoms with van der Waals surface area (Å²) in [5, 5.41) is 0.964. The van der Waals surface area contributed by atoms with Crippen molar-refractivity contribution in [3.63, 3.8) is 0 Å². The molecule has 2 amide bonds. The van der Waals surface area contributed by atoms with Gasteiger partial charge in [-0.05, 0) is 61.1 Å². The summed E-state index contributed by atoms with van der Waals surface area (Å²) in [6.07, 6.45) is 8.86. The molecule has 0 spiro atoms. The van der Waals surface area contributed by atoms with E-state index in [1.165, 1.54) is 12.5 Å². The van der Waals surface area contributed by atoms with E-state index in [4.69, 9.17) is 9.15 Å². The van der Waals surface area contributed by atoms with Gasteiger partial charge in [-0.25, -0.2) is 13.1 Å². The Morgan fingerprint density at radius 1 is 1.00 bits per heavy atom. The average Bonchev–Trinajstić information content (AvgIpc) is 3.64. The number of amides is 2. The Bertz CT molecular complexity index is 1710. The maximum atomic E-state index is 13.6. The van der Waals surface area contributed by atoms with Crippen LogP contribution in [0.4, 0.5) is 0 Å². The summed E-state index contributed by atoms with van der Waals surface area (Å²) in [6, 6.07) is 13.7. The highest BCUT2D eigenvalue weighted by Gasteiger charge is 2.30. The van der Waals surface area contributed by atoms with Gasteiger partial charge in [-0.1, -0.05) is 43.5 Å². The van der Waals surface area contributed by atoms with E-state index in [0.29, 0.717) is 43.3 Å².